The van der Waals surface area contributed by atoms with Crippen molar-refractivity contribution in [3.63, 3.8) is 0 Å². The Morgan fingerprint density at radius 1 is 0.706 bits per heavy atom. The molecule has 0 radical (unpaired) electrons. The molecule has 0 bridgehead atoms. The first-order chi connectivity index (χ1) is 48.2. The minimum absolute atomic E-state index is 0.000265. The Bertz CT molecular complexity index is 4010. The largest absolute Gasteiger partial charge is 0.399 e. The predicted molar refractivity (Wildman–Crippen MR) is 376 cm³/mol. The van der Waals surface area contributed by atoms with E-state index < -0.39 is 125 Å². The number of likely N-dealkylation sites (tertiary alicyclic amines) is 2. The van der Waals surface area contributed by atoms with Gasteiger partial charge in [-0.05, 0) is 77.3 Å². The number of aromatic nitrogens is 2. The van der Waals surface area contributed by atoms with Crippen molar-refractivity contribution >= 4 is 104 Å². The molecule has 2 saturated heterocycles. The van der Waals surface area contributed by atoms with Gasteiger partial charge in [0.2, 0.25) is 35.4 Å². The van der Waals surface area contributed by atoms with Gasteiger partial charge in [-0.2, -0.15) is 8.78 Å². The Kier molecular flexibility index (Phi) is 26.1. The molecule has 1 aliphatic carbocycles. The molecule has 8 amide bonds. The molecule has 5 heterocycles. The van der Waals surface area contributed by atoms with Gasteiger partial charge in [0.05, 0.1) is 97.3 Å². The highest BCUT2D eigenvalue weighted by atomic mass is 32.1. The van der Waals surface area contributed by atoms with Crippen LogP contribution in [0.3, 0.4) is 0 Å². The number of fused-ring (bicyclic) bond motifs is 1. The second-order valence-electron chi connectivity index (χ2n) is 27.4. The van der Waals surface area contributed by atoms with E-state index in [4.69, 9.17) is 18.9 Å². The molecule has 3 fully saturated rings. The van der Waals surface area contributed by atoms with E-state index in [9.17, 15) is 71.0 Å². The van der Waals surface area contributed by atoms with E-state index in [1.54, 1.807) is 65.4 Å². The molecule has 6 aromatic rings. The van der Waals surface area contributed by atoms with Gasteiger partial charge < -0.3 is 75.5 Å². The van der Waals surface area contributed by atoms with Gasteiger partial charge in [0, 0.05) is 55.0 Å². The summed E-state index contributed by atoms with van der Waals surface area (Å²) in [6.07, 6.45) is 0.281. The Hall–Kier alpha value is -7.62. The first kappa shape index (κ1) is 78.5. The van der Waals surface area contributed by atoms with Crippen molar-refractivity contribution in [2.75, 3.05) is 77.8 Å². The lowest BCUT2D eigenvalue weighted by Gasteiger charge is -2.36. The molecular formula is C69H86F3N10O16PS3. The van der Waals surface area contributed by atoms with E-state index in [1.165, 1.54) is 44.6 Å². The number of carbonyl (C=O) groups is 8. The van der Waals surface area contributed by atoms with Crippen molar-refractivity contribution in [1.82, 2.24) is 46.4 Å². The number of ether oxygens (including phenoxy) is 4. The minimum Gasteiger partial charge on any atom is -0.391 e. The van der Waals surface area contributed by atoms with E-state index in [0.717, 1.165) is 50.0 Å². The molecule has 0 unspecified atom stereocenters. The number of aliphatic hydroxyl groups excluding tert-OH is 1. The van der Waals surface area contributed by atoms with Crippen LogP contribution < -0.4 is 31.9 Å². The van der Waals surface area contributed by atoms with Crippen LogP contribution in [-0.4, -0.2) is 196 Å². The van der Waals surface area contributed by atoms with Gasteiger partial charge in [-0.15, -0.1) is 22.7 Å². The molecule has 33 heteroatoms. The lowest BCUT2D eigenvalue weighted by molar-refractivity contribution is -0.145. The van der Waals surface area contributed by atoms with Crippen LogP contribution in [0.1, 0.15) is 113 Å². The smallest absolute Gasteiger partial charge is 0.391 e. The Balaban J connectivity index is 0.691. The summed E-state index contributed by atoms with van der Waals surface area (Å²) in [7, 11) is -5.88. The average molecular weight is 1500 g/mol. The zero-order chi connectivity index (χ0) is 73.9. The summed E-state index contributed by atoms with van der Waals surface area (Å²) in [6.45, 7) is 13.3. The maximum atomic E-state index is 14.8. The van der Waals surface area contributed by atoms with Crippen molar-refractivity contribution in [2.24, 2.45) is 10.8 Å². The second kappa shape index (κ2) is 33.9. The quantitative estimate of drug-likeness (QED) is 0.0143. The van der Waals surface area contributed by atoms with Gasteiger partial charge in [-0.25, -0.2) is 14.4 Å². The number of carbonyl (C=O) groups excluding carboxylic acids is 8. The lowest BCUT2D eigenvalue weighted by atomic mass is 9.85. The predicted octanol–water partition coefficient (Wildman–Crippen LogP) is 7.37. The van der Waals surface area contributed by atoms with Gasteiger partial charge in [0.15, 0.2) is 10.8 Å². The Morgan fingerprint density at radius 2 is 1.31 bits per heavy atom. The fourth-order valence-electron chi connectivity index (χ4n) is 11.6. The van der Waals surface area contributed by atoms with Crippen LogP contribution in [-0.2, 0) is 62.7 Å². The van der Waals surface area contributed by atoms with Crippen LogP contribution in [0.2, 0.25) is 0 Å². The van der Waals surface area contributed by atoms with Crippen molar-refractivity contribution in [3.05, 3.63) is 112 Å². The van der Waals surface area contributed by atoms with Gasteiger partial charge in [0.25, 0.3) is 11.8 Å². The van der Waals surface area contributed by atoms with Crippen molar-refractivity contribution in [2.45, 2.75) is 141 Å². The van der Waals surface area contributed by atoms with Crippen LogP contribution in [0.4, 0.5) is 18.3 Å². The number of halogens is 3. The lowest BCUT2D eigenvalue weighted by Crippen LogP contribution is -2.59. The number of aliphatic hydroxyl groups is 1. The molecule has 7 atom stereocenters. The topological polar surface area (TPSA) is 356 Å². The summed E-state index contributed by atoms with van der Waals surface area (Å²) < 4.78 is 78.6. The molecule has 3 aromatic heterocycles. The number of thiazole rings is 2. The van der Waals surface area contributed by atoms with Gasteiger partial charge in [0.1, 0.15) is 24.2 Å². The summed E-state index contributed by atoms with van der Waals surface area (Å²) in [5.41, 5.74) is -4.37. The zero-order valence-corrected chi connectivity index (χ0v) is 60.8. The summed E-state index contributed by atoms with van der Waals surface area (Å²) in [5, 5.41) is 28.0. The zero-order valence-electron chi connectivity index (χ0n) is 57.5. The summed E-state index contributed by atoms with van der Waals surface area (Å²) in [6, 6.07) is 14.6. The van der Waals surface area contributed by atoms with Crippen LogP contribution in [0, 0.1) is 17.8 Å². The highest BCUT2D eigenvalue weighted by molar-refractivity contribution is 7.52. The number of β-amino-alcohol motifs (C(OH)–C–C–N with tert-alkyl or cyclic N) is 1. The number of rotatable bonds is 33. The first-order valence-corrected chi connectivity index (χ1v) is 37.4. The highest BCUT2D eigenvalue weighted by Crippen LogP contribution is 2.59. The number of nitrogens with one attached hydrogen (secondary N) is 6. The second-order valence-corrected chi connectivity index (χ2v) is 32.1. The highest BCUT2D eigenvalue weighted by Gasteiger charge is 2.54. The fraction of sp³-hybridized carbons (Fsp3) is 0.507. The van der Waals surface area contributed by atoms with Crippen LogP contribution in [0.5, 0.6) is 0 Å². The average Bonchev–Trinajstić information content (AvgIpc) is 1.56. The number of hydrogen-bond acceptors (Lipinski definition) is 19. The third-order valence-corrected chi connectivity index (χ3v) is 21.5. The van der Waals surface area contributed by atoms with Gasteiger partial charge in [-0.1, -0.05) is 114 Å². The standard InChI is InChI=1S/C69H86F3N10O16PS3/c1-40-56(100-39-75-40)43-15-13-41(14-16-43)48(77-59(86)50-34-47(83)38-82(50)63(90)58(67(5,6)7)79-64(91)68(70)20-21-68)35-55(85)73-22-24-96-26-28-98-30-29-97-27-25-95-23-19-54(84)76-46-33-49(60(87)80-65-74-36-53(102-65)42-11-9-8-10-12-42)81(37-46)62(89)57(66(2,3)4)78-61(88)52-32-44-31-45(17-18-51(44)101-52)69(71,72)99(92,93)94/h8-18,31-32,36,39,46-50,57-58,83H,19-30,33-35,37-38H2,1-7H3,(H,73,85)(H,76,84)(H,77,86)(H,78,88)(H,79,91)(H,74,80,87)(H2,92,93,94)/t46-,47-,48+,49+,50+,57-,58-/m1/s1. The Labute approximate surface area is 599 Å². The molecule has 26 nitrogen and oxygen atoms in total. The number of anilines is 1. The van der Waals surface area contributed by atoms with Gasteiger partial charge in [-0.3, -0.25) is 42.9 Å². The van der Waals surface area contributed by atoms with Crippen molar-refractivity contribution in [1.29, 1.82) is 0 Å². The van der Waals surface area contributed by atoms with E-state index >= 15 is 0 Å². The summed E-state index contributed by atoms with van der Waals surface area (Å²) >= 11 is 3.61. The van der Waals surface area contributed by atoms with E-state index in [2.05, 4.69) is 41.9 Å². The first-order valence-electron chi connectivity index (χ1n) is 33.3. The van der Waals surface area contributed by atoms with E-state index in [-0.39, 0.29) is 126 Å². The van der Waals surface area contributed by atoms with Crippen LogP contribution in [0.15, 0.2) is 90.6 Å². The number of benzene rings is 3. The molecule has 2 aliphatic heterocycles. The Morgan fingerprint density at radius 3 is 1.92 bits per heavy atom. The third-order valence-electron chi connectivity index (χ3n) is 17.4. The third kappa shape index (κ3) is 20.4. The number of amides is 8. The number of aryl methyl sites for hydroxylation is 1. The normalized spacial score (nSPS) is 18.5. The number of thiophene rings is 1. The molecule has 3 aromatic carbocycles. The molecule has 1 saturated carbocycles. The minimum atomic E-state index is -5.88. The maximum Gasteiger partial charge on any atom is 0.399 e. The van der Waals surface area contributed by atoms with Crippen LogP contribution in [0.25, 0.3) is 31.0 Å². The van der Waals surface area contributed by atoms with Crippen molar-refractivity contribution in [3.8, 4) is 20.9 Å². The number of alkyl halides is 3. The molecule has 0 spiro atoms. The number of nitrogens with zero attached hydrogens (tertiary/aromatic N) is 4. The monoisotopic (exact) mass is 1490 g/mol. The number of hydrogen-bond donors (Lipinski definition) is 9. The van der Waals surface area contributed by atoms with Gasteiger partial charge >= 0.3 is 13.3 Å². The van der Waals surface area contributed by atoms with Crippen LogP contribution >= 0.6 is 41.6 Å². The molecular weight excluding hydrogens is 1410 g/mol. The van der Waals surface area contributed by atoms with Crippen molar-refractivity contribution < 1.29 is 89.9 Å². The van der Waals surface area contributed by atoms with E-state index in [1.807, 2.05) is 49.4 Å². The SMILES string of the molecule is Cc1ncsc1-c1ccc([C@H](CC(=O)NCCOCCOCCOCCOCCC(=O)N[C@@H]2C[C@@H](C(=O)Nc3ncc(-c4ccccc4)s3)N(C(=O)[C@@H](NC(=O)c3cc4cc(C(F)(F)P(=O)(O)O)ccc4s3)C(C)(C)C)C2)NC(=O)[C@@H]2C[C@@H](O)CN2C(=O)[C@@H](NC(=O)C2(F)CC2)C(C)(C)C)cc1. The maximum absolute atomic E-state index is 14.8. The summed E-state index contributed by atoms with van der Waals surface area (Å²) in [4.78, 5) is 143. The summed E-state index contributed by atoms with van der Waals surface area (Å²) in [5.74, 6) is -4.95. The fourth-order valence-corrected chi connectivity index (χ4v) is 14.7. The van der Waals surface area contributed by atoms with E-state index in [0.29, 0.717) is 10.3 Å². The molecule has 9 rings (SSSR count). The molecule has 102 heavy (non-hydrogen) atoms. The molecule has 552 valence electrons. The molecule has 3 aliphatic rings. The molecule has 9 N–H and O–H groups in total.